The number of rotatable bonds is 3. The molecule has 4 nitrogen and oxygen atoms in total. The Hall–Kier alpha value is -0.710. The fourth-order valence-corrected chi connectivity index (χ4v) is 2.73. The predicted octanol–water partition coefficient (Wildman–Crippen LogP) is 0.331. The maximum Gasteiger partial charge on any atom is 0.239 e. The Labute approximate surface area is 87.7 Å². The molecule has 0 aromatic heterocycles. The highest BCUT2D eigenvalue weighted by molar-refractivity contribution is 8.14. The summed E-state index contributed by atoms with van der Waals surface area (Å²) in [5, 5.41) is 4.55. The standard InChI is InChI=1S/C9H15N3OS/c1-5(8(10)13)12-9-11-4-7(14-9)6-2-3-6/h5-7H,2-4H2,1H3,(H2,10,13)(H,11,12). The van der Waals surface area contributed by atoms with E-state index < -0.39 is 0 Å². The SMILES string of the molecule is CC(NC1=NCC(C2CC2)S1)C(N)=O. The highest BCUT2D eigenvalue weighted by Gasteiger charge is 2.35. The van der Waals surface area contributed by atoms with Gasteiger partial charge in [-0.05, 0) is 25.7 Å². The first kappa shape index (κ1) is 9.83. The highest BCUT2D eigenvalue weighted by Crippen LogP contribution is 2.41. The van der Waals surface area contributed by atoms with Crippen molar-refractivity contribution in [2.75, 3.05) is 6.54 Å². The van der Waals surface area contributed by atoms with Gasteiger partial charge in [0.05, 0.1) is 6.54 Å². The molecule has 5 heteroatoms. The van der Waals surface area contributed by atoms with Crippen molar-refractivity contribution in [3.05, 3.63) is 0 Å². The second-order valence-electron chi connectivity index (χ2n) is 3.91. The van der Waals surface area contributed by atoms with E-state index in [1.807, 2.05) is 0 Å². The largest absolute Gasteiger partial charge is 0.368 e. The van der Waals surface area contributed by atoms with Gasteiger partial charge < -0.3 is 11.1 Å². The van der Waals surface area contributed by atoms with Crippen molar-refractivity contribution in [2.24, 2.45) is 16.6 Å². The van der Waals surface area contributed by atoms with Crippen molar-refractivity contribution in [1.29, 1.82) is 0 Å². The van der Waals surface area contributed by atoms with Crippen LogP contribution in [0.1, 0.15) is 19.8 Å². The Morgan fingerprint density at radius 3 is 3.00 bits per heavy atom. The number of carbonyl (C=O) groups excluding carboxylic acids is 1. The maximum atomic E-state index is 10.8. The number of nitrogens with two attached hydrogens (primary N) is 1. The third kappa shape index (κ3) is 2.20. The molecule has 14 heavy (non-hydrogen) atoms. The zero-order valence-electron chi connectivity index (χ0n) is 8.19. The molecule has 2 rings (SSSR count). The Bertz CT molecular complexity index is 275. The zero-order chi connectivity index (χ0) is 10.1. The number of nitrogens with zero attached hydrogens (tertiary/aromatic N) is 1. The molecule has 1 saturated carbocycles. The third-order valence-corrected chi connectivity index (χ3v) is 3.90. The van der Waals surface area contributed by atoms with Gasteiger partial charge in [-0.15, -0.1) is 0 Å². The minimum atomic E-state index is -0.330. The van der Waals surface area contributed by atoms with Crippen LogP contribution in [-0.4, -0.2) is 28.9 Å². The monoisotopic (exact) mass is 213 g/mol. The third-order valence-electron chi connectivity index (χ3n) is 2.59. The van der Waals surface area contributed by atoms with E-state index in [2.05, 4.69) is 10.3 Å². The maximum absolute atomic E-state index is 10.8. The van der Waals surface area contributed by atoms with Crippen LogP contribution < -0.4 is 11.1 Å². The summed E-state index contributed by atoms with van der Waals surface area (Å²) >= 11 is 1.76. The summed E-state index contributed by atoms with van der Waals surface area (Å²) in [7, 11) is 0. The van der Waals surface area contributed by atoms with E-state index in [0.29, 0.717) is 5.25 Å². The Morgan fingerprint density at radius 2 is 2.43 bits per heavy atom. The molecule has 0 saturated heterocycles. The van der Waals surface area contributed by atoms with Gasteiger partial charge in [0, 0.05) is 5.25 Å². The number of amidine groups is 1. The molecule has 0 spiro atoms. The average Bonchev–Trinajstić information content (AvgIpc) is 2.88. The molecule has 0 bridgehead atoms. The molecule has 0 aromatic rings. The minimum absolute atomic E-state index is 0.320. The van der Waals surface area contributed by atoms with Crippen LogP contribution >= 0.6 is 11.8 Å². The molecule has 3 N–H and O–H groups in total. The molecule has 2 atom stereocenters. The Balaban J connectivity index is 1.79. The first-order valence-electron chi connectivity index (χ1n) is 4.94. The number of nitrogens with one attached hydrogen (secondary N) is 1. The lowest BCUT2D eigenvalue weighted by atomic mass is 10.3. The van der Waals surface area contributed by atoms with E-state index in [9.17, 15) is 4.79 Å². The normalized spacial score (nSPS) is 28.4. The van der Waals surface area contributed by atoms with Gasteiger partial charge in [-0.25, -0.2) is 0 Å². The summed E-state index contributed by atoms with van der Waals surface area (Å²) in [4.78, 5) is 15.2. The molecule has 1 aliphatic heterocycles. The van der Waals surface area contributed by atoms with Crippen LogP contribution in [-0.2, 0) is 4.79 Å². The summed E-state index contributed by atoms with van der Waals surface area (Å²) in [6, 6.07) is -0.320. The van der Waals surface area contributed by atoms with Gasteiger partial charge in [0.1, 0.15) is 6.04 Å². The molecular weight excluding hydrogens is 198 g/mol. The summed E-state index contributed by atoms with van der Waals surface area (Å²) in [6.07, 6.45) is 2.68. The minimum Gasteiger partial charge on any atom is -0.368 e. The smallest absolute Gasteiger partial charge is 0.239 e. The fraction of sp³-hybridized carbons (Fsp3) is 0.778. The molecular formula is C9H15N3OS. The molecule has 1 fully saturated rings. The average molecular weight is 213 g/mol. The lowest BCUT2D eigenvalue weighted by molar-refractivity contribution is -0.119. The van der Waals surface area contributed by atoms with Gasteiger partial charge in [0.25, 0.3) is 0 Å². The van der Waals surface area contributed by atoms with E-state index in [-0.39, 0.29) is 11.9 Å². The van der Waals surface area contributed by atoms with Gasteiger partial charge in [0.15, 0.2) is 5.17 Å². The number of primary amides is 1. The Kier molecular flexibility index (Phi) is 2.67. The number of hydrogen-bond donors (Lipinski definition) is 2. The van der Waals surface area contributed by atoms with Crippen molar-refractivity contribution in [3.63, 3.8) is 0 Å². The number of hydrogen-bond acceptors (Lipinski definition) is 4. The summed E-state index contributed by atoms with van der Waals surface area (Å²) in [6.45, 7) is 2.65. The van der Waals surface area contributed by atoms with Crippen molar-refractivity contribution in [3.8, 4) is 0 Å². The Morgan fingerprint density at radius 1 is 1.71 bits per heavy atom. The quantitative estimate of drug-likeness (QED) is 0.710. The van der Waals surface area contributed by atoms with Gasteiger partial charge >= 0.3 is 0 Å². The van der Waals surface area contributed by atoms with E-state index in [0.717, 1.165) is 17.6 Å². The van der Waals surface area contributed by atoms with E-state index >= 15 is 0 Å². The van der Waals surface area contributed by atoms with Crippen LogP contribution in [0.2, 0.25) is 0 Å². The number of amides is 1. The number of carbonyl (C=O) groups is 1. The van der Waals surface area contributed by atoms with E-state index in [1.165, 1.54) is 12.8 Å². The van der Waals surface area contributed by atoms with Crippen LogP contribution in [0, 0.1) is 5.92 Å². The number of thioether (sulfide) groups is 1. The highest BCUT2D eigenvalue weighted by atomic mass is 32.2. The molecule has 1 amide bonds. The molecule has 1 heterocycles. The number of aliphatic imine (C=N–C) groups is 1. The van der Waals surface area contributed by atoms with Crippen molar-refractivity contribution >= 4 is 22.8 Å². The van der Waals surface area contributed by atoms with Crippen molar-refractivity contribution in [2.45, 2.75) is 31.1 Å². The topological polar surface area (TPSA) is 67.5 Å². The molecule has 0 radical (unpaired) electrons. The van der Waals surface area contributed by atoms with E-state index in [4.69, 9.17) is 5.73 Å². The summed E-state index contributed by atoms with van der Waals surface area (Å²) in [5.41, 5.74) is 5.16. The predicted molar refractivity (Wildman–Crippen MR) is 58.2 cm³/mol. The van der Waals surface area contributed by atoms with Crippen LogP contribution in [0.15, 0.2) is 4.99 Å². The summed E-state index contributed by atoms with van der Waals surface area (Å²) in [5.74, 6) is 0.523. The van der Waals surface area contributed by atoms with Gasteiger partial charge in [-0.1, -0.05) is 11.8 Å². The van der Waals surface area contributed by atoms with Crippen LogP contribution in [0.5, 0.6) is 0 Å². The van der Waals surface area contributed by atoms with Gasteiger partial charge in [-0.2, -0.15) is 0 Å². The molecule has 0 aromatic carbocycles. The molecule has 2 aliphatic rings. The van der Waals surface area contributed by atoms with Crippen LogP contribution in [0.4, 0.5) is 0 Å². The molecule has 1 aliphatic carbocycles. The van der Waals surface area contributed by atoms with E-state index in [1.54, 1.807) is 18.7 Å². The first-order valence-corrected chi connectivity index (χ1v) is 5.81. The lowest BCUT2D eigenvalue weighted by Gasteiger charge is -2.11. The second-order valence-corrected chi connectivity index (χ2v) is 5.14. The van der Waals surface area contributed by atoms with Gasteiger partial charge in [-0.3, -0.25) is 9.79 Å². The molecule has 2 unspecified atom stereocenters. The van der Waals surface area contributed by atoms with Crippen molar-refractivity contribution in [1.82, 2.24) is 5.32 Å². The summed E-state index contributed by atoms with van der Waals surface area (Å²) < 4.78 is 0. The molecule has 78 valence electrons. The van der Waals surface area contributed by atoms with Crippen LogP contribution in [0.25, 0.3) is 0 Å². The van der Waals surface area contributed by atoms with Crippen LogP contribution in [0.3, 0.4) is 0 Å². The van der Waals surface area contributed by atoms with Crippen molar-refractivity contribution < 1.29 is 4.79 Å². The fourth-order valence-electron chi connectivity index (χ4n) is 1.44. The first-order chi connectivity index (χ1) is 6.66. The lowest BCUT2D eigenvalue weighted by Crippen LogP contribution is -2.40. The van der Waals surface area contributed by atoms with Gasteiger partial charge in [0.2, 0.25) is 5.91 Å². The zero-order valence-corrected chi connectivity index (χ0v) is 9.01. The second kappa shape index (κ2) is 3.81.